The average molecular weight is 405 g/mol. The number of hydrogen-bond acceptors (Lipinski definition) is 7. The van der Waals surface area contributed by atoms with Crippen LogP contribution in [-0.4, -0.2) is 75.6 Å². The van der Waals surface area contributed by atoms with E-state index in [1.165, 1.54) is 0 Å². The molecule has 3 heterocycles. The van der Waals surface area contributed by atoms with E-state index in [4.69, 9.17) is 18.9 Å². The van der Waals surface area contributed by atoms with Crippen molar-refractivity contribution in [3.05, 3.63) is 23.8 Å². The number of fused-ring (bicyclic) bond motifs is 1. The van der Waals surface area contributed by atoms with Crippen molar-refractivity contribution in [3.63, 3.8) is 0 Å². The zero-order valence-corrected chi connectivity index (χ0v) is 16.4. The Morgan fingerprint density at radius 1 is 1.07 bits per heavy atom. The maximum absolute atomic E-state index is 12.3. The Balaban J connectivity index is 1.37. The predicted molar refractivity (Wildman–Crippen MR) is 103 cm³/mol. The topological polar surface area (TPSA) is 98.4 Å². The normalized spacial score (nSPS) is 22.3. The molecule has 2 amide bonds. The van der Waals surface area contributed by atoms with Crippen molar-refractivity contribution in [1.82, 2.24) is 15.5 Å². The number of carbonyl (C=O) groups is 2. The minimum absolute atomic E-state index is 0.00137. The van der Waals surface area contributed by atoms with E-state index in [-0.39, 0.29) is 18.9 Å². The SMILES string of the molecule is O=C(NC[C@H]1CCCO1)C(=O)NC[C@@H](c1ccc2c(c1)OCO2)N1CCOCC1. The minimum Gasteiger partial charge on any atom is -0.454 e. The molecule has 0 saturated carbocycles. The van der Waals surface area contributed by atoms with E-state index in [1.807, 2.05) is 18.2 Å². The van der Waals surface area contributed by atoms with Gasteiger partial charge in [-0.3, -0.25) is 14.5 Å². The molecule has 1 aromatic rings. The lowest BCUT2D eigenvalue weighted by atomic mass is 10.0. The van der Waals surface area contributed by atoms with Crippen LogP contribution in [0.3, 0.4) is 0 Å². The standard InChI is InChI=1S/C20H27N3O6/c24-19(21-11-15-2-1-7-27-15)20(25)22-12-16(23-5-8-26-9-6-23)14-3-4-17-18(10-14)29-13-28-17/h3-4,10,15-16H,1-2,5-9,11-13H2,(H,21,24)(H,22,25)/t15-,16+/m1/s1. The summed E-state index contributed by atoms with van der Waals surface area (Å²) in [5, 5.41) is 5.43. The summed E-state index contributed by atoms with van der Waals surface area (Å²) in [6, 6.07) is 5.69. The highest BCUT2D eigenvalue weighted by atomic mass is 16.7. The molecule has 158 valence electrons. The van der Waals surface area contributed by atoms with E-state index in [9.17, 15) is 9.59 Å². The predicted octanol–water partition coefficient (Wildman–Crippen LogP) is 0.200. The van der Waals surface area contributed by atoms with Gasteiger partial charge >= 0.3 is 11.8 Å². The fourth-order valence-corrected chi connectivity index (χ4v) is 3.83. The molecule has 0 aromatic heterocycles. The Labute approximate surface area is 169 Å². The van der Waals surface area contributed by atoms with Crippen LogP contribution in [0.4, 0.5) is 0 Å². The summed E-state index contributed by atoms with van der Waals surface area (Å²) in [5.74, 6) is 0.141. The number of benzene rings is 1. The van der Waals surface area contributed by atoms with Crippen LogP contribution in [-0.2, 0) is 19.1 Å². The van der Waals surface area contributed by atoms with Crippen LogP contribution in [0.15, 0.2) is 18.2 Å². The van der Waals surface area contributed by atoms with E-state index in [0.29, 0.717) is 44.4 Å². The summed E-state index contributed by atoms with van der Waals surface area (Å²) in [7, 11) is 0. The number of morpholine rings is 1. The highest BCUT2D eigenvalue weighted by Crippen LogP contribution is 2.35. The van der Waals surface area contributed by atoms with E-state index in [1.54, 1.807) is 0 Å². The van der Waals surface area contributed by atoms with Crippen molar-refractivity contribution < 1.29 is 28.5 Å². The van der Waals surface area contributed by atoms with Crippen LogP contribution >= 0.6 is 0 Å². The van der Waals surface area contributed by atoms with Gasteiger partial charge in [-0.1, -0.05) is 6.07 Å². The van der Waals surface area contributed by atoms with Crippen molar-refractivity contribution >= 4 is 11.8 Å². The van der Waals surface area contributed by atoms with E-state index < -0.39 is 11.8 Å². The van der Waals surface area contributed by atoms with E-state index >= 15 is 0 Å². The zero-order valence-electron chi connectivity index (χ0n) is 16.4. The first kappa shape index (κ1) is 19.9. The lowest BCUT2D eigenvalue weighted by molar-refractivity contribution is -0.139. The van der Waals surface area contributed by atoms with Gasteiger partial charge in [0.1, 0.15) is 0 Å². The minimum atomic E-state index is -0.637. The third-order valence-corrected chi connectivity index (χ3v) is 5.44. The third-order valence-electron chi connectivity index (χ3n) is 5.44. The van der Waals surface area contributed by atoms with Gasteiger partial charge in [-0.05, 0) is 30.5 Å². The van der Waals surface area contributed by atoms with Gasteiger partial charge in [0.15, 0.2) is 11.5 Å². The first-order chi connectivity index (χ1) is 14.2. The lowest BCUT2D eigenvalue weighted by Crippen LogP contribution is -2.47. The molecule has 9 heteroatoms. The van der Waals surface area contributed by atoms with E-state index in [0.717, 1.165) is 31.5 Å². The first-order valence-corrected chi connectivity index (χ1v) is 10.1. The second kappa shape index (κ2) is 9.43. The molecular weight excluding hydrogens is 378 g/mol. The quantitative estimate of drug-likeness (QED) is 0.653. The average Bonchev–Trinajstić information content (AvgIpc) is 3.44. The Kier molecular flexibility index (Phi) is 6.48. The molecule has 2 fully saturated rings. The number of rotatable bonds is 6. The molecule has 0 bridgehead atoms. The summed E-state index contributed by atoms with van der Waals surface area (Å²) < 4.78 is 21.8. The van der Waals surface area contributed by atoms with Crippen LogP contribution in [0, 0.1) is 0 Å². The number of ether oxygens (including phenoxy) is 4. The van der Waals surface area contributed by atoms with Gasteiger partial charge in [-0.2, -0.15) is 0 Å². The fraction of sp³-hybridized carbons (Fsp3) is 0.600. The number of nitrogens with zero attached hydrogens (tertiary/aromatic N) is 1. The molecule has 0 unspecified atom stereocenters. The van der Waals surface area contributed by atoms with Crippen molar-refractivity contribution in [2.75, 3.05) is 52.8 Å². The molecule has 2 atom stereocenters. The van der Waals surface area contributed by atoms with Crippen LogP contribution < -0.4 is 20.1 Å². The van der Waals surface area contributed by atoms with Crippen molar-refractivity contribution in [2.45, 2.75) is 25.0 Å². The van der Waals surface area contributed by atoms with Gasteiger partial charge in [-0.25, -0.2) is 0 Å². The molecule has 2 N–H and O–H groups in total. The highest BCUT2D eigenvalue weighted by molar-refractivity contribution is 6.35. The Bertz CT molecular complexity index is 731. The molecule has 4 rings (SSSR count). The molecule has 1 aromatic carbocycles. The Morgan fingerprint density at radius 2 is 1.86 bits per heavy atom. The van der Waals surface area contributed by atoms with Gasteiger partial charge in [-0.15, -0.1) is 0 Å². The number of amides is 2. The van der Waals surface area contributed by atoms with Crippen LogP contribution in [0.1, 0.15) is 24.4 Å². The van der Waals surface area contributed by atoms with Crippen molar-refractivity contribution in [2.24, 2.45) is 0 Å². The maximum Gasteiger partial charge on any atom is 0.309 e. The monoisotopic (exact) mass is 405 g/mol. The Morgan fingerprint density at radius 3 is 2.66 bits per heavy atom. The third kappa shape index (κ3) is 4.98. The lowest BCUT2D eigenvalue weighted by Gasteiger charge is -2.35. The number of nitrogens with one attached hydrogen (secondary N) is 2. The van der Waals surface area contributed by atoms with Gasteiger partial charge in [0.2, 0.25) is 6.79 Å². The molecule has 0 radical (unpaired) electrons. The van der Waals surface area contributed by atoms with Crippen molar-refractivity contribution in [1.29, 1.82) is 0 Å². The van der Waals surface area contributed by atoms with Gasteiger partial charge in [0.05, 0.1) is 25.4 Å². The fourth-order valence-electron chi connectivity index (χ4n) is 3.83. The molecule has 0 spiro atoms. The first-order valence-electron chi connectivity index (χ1n) is 10.1. The van der Waals surface area contributed by atoms with Crippen LogP contribution in [0.25, 0.3) is 0 Å². The summed E-state index contributed by atoms with van der Waals surface area (Å²) in [6.07, 6.45) is 1.90. The maximum atomic E-state index is 12.3. The molecule has 3 aliphatic heterocycles. The second-order valence-electron chi connectivity index (χ2n) is 7.33. The summed E-state index contributed by atoms with van der Waals surface area (Å²) in [6.45, 7) is 4.37. The molecule has 9 nitrogen and oxygen atoms in total. The van der Waals surface area contributed by atoms with Crippen LogP contribution in [0.2, 0.25) is 0 Å². The summed E-state index contributed by atoms with van der Waals surface area (Å²) in [4.78, 5) is 26.7. The molecule has 2 saturated heterocycles. The molecule has 0 aliphatic carbocycles. The molecule has 3 aliphatic rings. The number of hydrogen-bond donors (Lipinski definition) is 2. The van der Waals surface area contributed by atoms with Crippen molar-refractivity contribution in [3.8, 4) is 11.5 Å². The summed E-state index contributed by atoms with van der Waals surface area (Å²) >= 11 is 0. The van der Waals surface area contributed by atoms with Gasteiger partial charge in [0.25, 0.3) is 0 Å². The summed E-state index contributed by atoms with van der Waals surface area (Å²) in [5.41, 5.74) is 0.996. The second-order valence-corrected chi connectivity index (χ2v) is 7.33. The van der Waals surface area contributed by atoms with E-state index in [2.05, 4.69) is 15.5 Å². The van der Waals surface area contributed by atoms with Gasteiger partial charge in [0, 0.05) is 32.8 Å². The van der Waals surface area contributed by atoms with Crippen LogP contribution in [0.5, 0.6) is 11.5 Å². The largest absolute Gasteiger partial charge is 0.454 e. The highest BCUT2D eigenvalue weighted by Gasteiger charge is 2.27. The molecule has 29 heavy (non-hydrogen) atoms. The Hall–Kier alpha value is -2.36. The number of carbonyl (C=O) groups excluding carboxylic acids is 2. The zero-order chi connectivity index (χ0) is 20.1. The smallest absolute Gasteiger partial charge is 0.309 e. The van der Waals surface area contributed by atoms with Gasteiger partial charge < -0.3 is 29.6 Å². The molecular formula is C20H27N3O6.